The minimum atomic E-state index is 0.0413. The summed E-state index contributed by atoms with van der Waals surface area (Å²) >= 11 is 0. The molecule has 0 heterocycles. The molecule has 1 heteroatoms. The molecular weight excluding hydrogens is 182 g/mol. The van der Waals surface area contributed by atoms with Crippen molar-refractivity contribution in [3.05, 3.63) is 35.9 Å². The molecular formula is C14H21N. The van der Waals surface area contributed by atoms with E-state index in [1.807, 2.05) is 0 Å². The van der Waals surface area contributed by atoms with Gasteiger partial charge in [0, 0.05) is 5.54 Å². The first-order valence-electron chi connectivity index (χ1n) is 6.03. The molecule has 0 aromatic heterocycles. The molecule has 0 radical (unpaired) electrons. The van der Waals surface area contributed by atoms with Gasteiger partial charge in [-0.3, -0.25) is 0 Å². The molecule has 82 valence electrons. The third kappa shape index (κ3) is 2.40. The first-order valence-corrected chi connectivity index (χ1v) is 6.03. The van der Waals surface area contributed by atoms with E-state index in [0.29, 0.717) is 5.92 Å². The normalized spacial score (nSPS) is 31.5. The molecule has 2 N–H and O–H groups in total. The van der Waals surface area contributed by atoms with Gasteiger partial charge in [-0.25, -0.2) is 0 Å². The maximum atomic E-state index is 6.53. The third-order valence-corrected chi connectivity index (χ3v) is 3.89. The molecule has 2 unspecified atom stereocenters. The summed E-state index contributed by atoms with van der Waals surface area (Å²) in [7, 11) is 0. The summed E-state index contributed by atoms with van der Waals surface area (Å²) in [5, 5.41) is 0. The Morgan fingerprint density at radius 2 is 2.00 bits per heavy atom. The van der Waals surface area contributed by atoms with E-state index >= 15 is 0 Å². The Hall–Kier alpha value is -0.820. The minimum absolute atomic E-state index is 0.0413. The topological polar surface area (TPSA) is 26.0 Å². The van der Waals surface area contributed by atoms with Crippen LogP contribution in [-0.2, 0) is 6.42 Å². The van der Waals surface area contributed by atoms with Crippen LogP contribution in [0.25, 0.3) is 0 Å². The monoisotopic (exact) mass is 203 g/mol. The summed E-state index contributed by atoms with van der Waals surface area (Å²) in [4.78, 5) is 0. The fourth-order valence-corrected chi connectivity index (χ4v) is 2.68. The average molecular weight is 203 g/mol. The molecule has 2 atom stereocenters. The van der Waals surface area contributed by atoms with Gasteiger partial charge in [0.1, 0.15) is 0 Å². The molecule has 0 saturated heterocycles. The Morgan fingerprint density at radius 3 is 2.67 bits per heavy atom. The van der Waals surface area contributed by atoms with Crippen LogP contribution in [0.1, 0.15) is 38.2 Å². The lowest BCUT2D eigenvalue weighted by Gasteiger charge is -2.39. The van der Waals surface area contributed by atoms with Crippen molar-refractivity contribution in [2.24, 2.45) is 11.7 Å². The Morgan fingerprint density at radius 1 is 1.27 bits per heavy atom. The molecule has 0 bridgehead atoms. The second-order valence-electron chi connectivity index (χ2n) is 5.04. The molecule has 1 saturated carbocycles. The zero-order valence-corrected chi connectivity index (χ0v) is 9.58. The van der Waals surface area contributed by atoms with Crippen molar-refractivity contribution < 1.29 is 0 Å². The maximum absolute atomic E-state index is 6.53. The molecule has 0 aliphatic heterocycles. The zero-order chi connectivity index (χ0) is 10.7. The highest BCUT2D eigenvalue weighted by molar-refractivity contribution is 5.18. The SMILES string of the molecule is CC1CCCCC1(N)Cc1ccccc1. The summed E-state index contributed by atoms with van der Waals surface area (Å²) in [6, 6.07) is 10.7. The highest BCUT2D eigenvalue weighted by Crippen LogP contribution is 2.33. The number of hydrogen-bond acceptors (Lipinski definition) is 1. The fraction of sp³-hybridized carbons (Fsp3) is 0.571. The maximum Gasteiger partial charge on any atom is 0.0221 e. The highest BCUT2D eigenvalue weighted by Gasteiger charge is 2.33. The van der Waals surface area contributed by atoms with E-state index in [1.54, 1.807) is 0 Å². The van der Waals surface area contributed by atoms with Crippen molar-refractivity contribution >= 4 is 0 Å². The molecule has 0 spiro atoms. The third-order valence-electron chi connectivity index (χ3n) is 3.89. The Labute approximate surface area is 92.7 Å². The van der Waals surface area contributed by atoms with Crippen molar-refractivity contribution in [1.82, 2.24) is 0 Å². The van der Waals surface area contributed by atoms with Crippen molar-refractivity contribution in [2.75, 3.05) is 0 Å². The van der Waals surface area contributed by atoms with Crippen molar-refractivity contribution in [3.8, 4) is 0 Å². The average Bonchev–Trinajstić information content (AvgIpc) is 2.24. The predicted octanol–water partition coefficient (Wildman–Crippen LogP) is 3.14. The van der Waals surface area contributed by atoms with Crippen molar-refractivity contribution in [2.45, 2.75) is 44.6 Å². The van der Waals surface area contributed by atoms with E-state index < -0.39 is 0 Å². The summed E-state index contributed by atoms with van der Waals surface area (Å²) in [5.41, 5.74) is 7.96. The van der Waals surface area contributed by atoms with Crippen LogP contribution in [-0.4, -0.2) is 5.54 Å². The van der Waals surface area contributed by atoms with Crippen molar-refractivity contribution in [3.63, 3.8) is 0 Å². The molecule has 1 fully saturated rings. The smallest absolute Gasteiger partial charge is 0.0221 e. The second kappa shape index (κ2) is 4.36. The van der Waals surface area contributed by atoms with E-state index in [4.69, 9.17) is 5.73 Å². The standard InChI is InChI=1S/C14H21N/c1-12-7-5-6-10-14(12,15)11-13-8-3-2-4-9-13/h2-4,8-9,12H,5-7,10-11,15H2,1H3. The van der Waals surface area contributed by atoms with E-state index in [2.05, 4.69) is 37.3 Å². The Bertz CT molecular complexity index is 306. The summed E-state index contributed by atoms with van der Waals surface area (Å²) in [5.74, 6) is 0.659. The molecule has 2 rings (SSSR count). The van der Waals surface area contributed by atoms with Gasteiger partial charge in [0.2, 0.25) is 0 Å². The van der Waals surface area contributed by atoms with Crippen LogP contribution >= 0.6 is 0 Å². The second-order valence-corrected chi connectivity index (χ2v) is 5.04. The largest absolute Gasteiger partial charge is 0.325 e. The predicted molar refractivity (Wildman–Crippen MR) is 64.7 cm³/mol. The van der Waals surface area contributed by atoms with Gasteiger partial charge in [-0.05, 0) is 30.7 Å². The summed E-state index contributed by atoms with van der Waals surface area (Å²) < 4.78 is 0. The minimum Gasteiger partial charge on any atom is -0.325 e. The fourth-order valence-electron chi connectivity index (χ4n) is 2.68. The van der Waals surface area contributed by atoms with E-state index in [0.717, 1.165) is 6.42 Å². The summed E-state index contributed by atoms with van der Waals surface area (Å²) in [6.07, 6.45) is 6.17. The van der Waals surface area contributed by atoms with Gasteiger partial charge in [0.15, 0.2) is 0 Å². The molecule has 0 amide bonds. The molecule has 1 aliphatic rings. The van der Waals surface area contributed by atoms with Gasteiger partial charge in [-0.2, -0.15) is 0 Å². The van der Waals surface area contributed by atoms with Crippen LogP contribution in [0.5, 0.6) is 0 Å². The quantitative estimate of drug-likeness (QED) is 0.785. The highest BCUT2D eigenvalue weighted by atomic mass is 14.8. The molecule has 1 nitrogen and oxygen atoms in total. The first kappa shape index (κ1) is 10.7. The van der Waals surface area contributed by atoms with Gasteiger partial charge in [-0.1, -0.05) is 50.1 Å². The van der Waals surface area contributed by atoms with Crippen LogP contribution in [0.4, 0.5) is 0 Å². The Balaban J connectivity index is 2.09. The van der Waals surface area contributed by atoms with Crippen LogP contribution < -0.4 is 5.73 Å². The molecule has 1 aromatic rings. The van der Waals surface area contributed by atoms with Gasteiger partial charge in [-0.15, -0.1) is 0 Å². The van der Waals surface area contributed by atoms with Gasteiger partial charge >= 0.3 is 0 Å². The number of benzene rings is 1. The first-order chi connectivity index (χ1) is 7.21. The van der Waals surface area contributed by atoms with Gasteiger partial charge < -0.3 is 5.73 Å². The molecule has 1 aliphatic carbocycles. The summed E-state index contributed by atoms with van der Waals surface area (Å²) in [6.45, 7) is 2.31. The number of rotatable bonds is 2. The Kier molecular flexibility index (Phi) is 3.11. The van der Waals surface area contributed by atoms with Gasteiger partial charge in [0.05, 0.1) is 0 Å². The van der Waals surface area contributed by atoms with Crippen LogP contribution in [0.3, 0.4) is 0 Å². The molecule has 1 aromatic carbocycles. The van der Waals surface area contributed by atoms with Crippen LogP contribution in [0.15, 0.2) is 30.3 Å². The van der Waals surface area contributed by atoms with Crippen LogP contribution in [0.2, 0.25) is 0 Å². The van der Waals surface area contributed by atoms with E-state index in [1.165, 1.54) is 31.2 Å². The van der Waals surface area contributed by atoms with Gasteiger partial charge in [0.25, 0.3) is 0 Å². The lowest BCUT2D eigenvalue weighted by Crippen LogP contribution is -2.49. The lowest BCUT2D eigenvalue weighted by atomic mass is 9.71. The number of nitrogens with two attached hydrogens (primary N) is 1. The van der Waals surface area contributed by atoms with E-state index in [9.17, 15) is 0 Å². The number of hydrogen-bond donors (Lipinski definition) is 1. The lowest BCUT2D eigenvalue weighted by molar-refractivity contribution is 0.204. The zero-order valence-electron chi connectivity index (χ0n) is 9.58. The van der Waals surface area contributed by atoms with E-state index in [-0.39, 0.29) is 5.54 Å². The van der Waals surface area contributed by atoms with Crippen LogP contribution in [0, 0.1) is 5.92 Å². The van der Waals surface area contributed by atoms with Crippen molar-refractivity contribution in [1.29, 1.82) is 0 Å². The molecule has 15 heavy (non-hydrogen) atoms.